The van der Waals surface area contributed by atoms with Gasteiger partial charge in [-0.3, -0.25) is 0 Å². The van der Waals surface area contributed by atoms with Gasteiger partial charge in [-0.05, 0) is 27.2 Å². The van der Waals surface area contributed by atoms with Crippen LogP contribution < -0.4 is 5.69 Å². The van der Waals surface area contributed by atoms with E-state index in [1.807, 2.05) is 13.8 Å². The van der Waals surface area contributed by atoms with Crippen LogP contribution in [0.25, 0.3) is 0 Å². The Hall–Kier alpha value is -1.34. The van der Waals surface area contributed by atoms with Gasteiger partial charge in [0, 0.05) is 18.6 Å². The maximum Gasteiger partial charge on any atom is 0.346 e. The van der Waals surface area contributed by atoms with Crippen LogP contribution in [-0.4, -0.2) is 39.5 Å². The standard InChI is InChI=1S/C12H18N2O4S/c1-7-8(10(15)16)9(14-11(17)13-7)19-6-5-12(2,3)18-4/h5-6H2,1-4H3,(H,15,16)(H,13,14,17). The minimum absolute atomic E-state index is 0.0554. The van der Waals surface area contributed by atoms with Crippen LogP contribution in [0.5, 0.6) is 0 Å². The number of aromatic amines is 1. The highest BCUT2D eigenvalue weighted by Crippen LogP contribution is 2.24. The van der Waals surface area contributed by atoms with Crippen molar-refractivity contribution in [3.8, 4) is 0 Å². The predicted octanol–water partition coefficient (Wildman–Crippen LogP) is 1.68. The summed E-state index contributed by atoms with van der Waals surface area (Å²) in [5.74, 6) is -0.466. The number of carbonyl (C=O) groups is 1. The van der Waals surface area contributed by atoms with Crippen LogP contribution in [0.15, 0.2) is 9.82 Å². The number of nitrogens with one attached hydrogen (secondary N) is 1. The number of H-pyrrole nitrogens is 1. The second kappa shape index (κ2) is 6.21. The zero-order valence-corrected chi connectivity index (χ0v) is 12.3. The fourth-order valence-electron chi connectivity index (χ4n) is 1.41. The molecule has 0 saturated heterocycles. The molecule has 0 aliphatic carbocycles. The van der Waals surface area contributed by atoms with Crippen LogP contribution in [0.1, 0.15) is 36.3 Å². The van der Waals surface area contributed by atoms with Crippen LogP contribution >= 0.6 is 11.8 Å². The normalized spacial score (nSPS) is 11.6. The summed E-state index contributed by atoms with van der Waals surface area (Å²) in [6.45, 7) is 5.44. The monoisotopic (exact) mass is 286 g/mol. The average molecular weight is 286 g/mol. The lowest BCUT2D eigenvalue weighted by Crippen LogP contribution is -2.23. The lowest BCUT2D eigenvalue weighted by Gasteiger charge is -2.22. The molecule has 0 atom stereocenters. The van der Waals surface area contributed by atoms with Crippen molar-refractivity contribution in [1.29, 1.82) is 0 Å². The number of carboxylic acid groups (broad SMARTS) is 1. The molecule has 0 unspecified atom stereocenters. The molecule has 106 valence electrons. The molecule has 2 N–H and O–H groups in total. The fourth-order valence-corrected chi connectivity index (χ4v) is 2.73. The average Bonchev–Trinajstić information content (AvgIpc) is 2.27. The number of hydrogen-bond acceptors (Lipinski definition) is 5. The Kier molecular flexibility index (Phi) is 5.13. The first-order valence-corrected chi connectivity index (χ1v) is 6.77. The number of rotatable bonds is 6. The van der Waals surface area contributed by atoms with Crippen molar-refractivity contribution in [2.24, 2.45) is 0 Å². The van der Waals surface area contributed by atoms with Crippen molar-refractivity contribution in [2.45, 2.75) is 37.8 Å². The van der Waals surface area contributed by atoms with Gasteiger partial charge in [0.1, 0.15) is 10.6 Å². The van der Waals surface area contributed by atoms with Crippen LogP contribution in [0.4, 0.5) is 0 Å². The molecule has 0 aliphatic rings. The molecular weight excluding hydrogens is 268 g/mol. The minimum Gasteiger partial charge on any atom is -0.478 e. The third kappa shape index (κ3) is 4.36. The zero-order chi connectivity index (χ0) is 14.6. The molecular formula is C12H18N2O4S. The van der Waals surface area contributed by atoms with E-state index in [1.54, 1.807) is 14.0 Å². The quantitative estimate of drug-likeness (QED) is 0.610. The summed E-state index contributed by atoms with van der Waals surface area (Å²) < 4.78 is 5.28. The van der Waals surface area contributed by atoms with E-state index in [0.29, 0.717) is 11.4 Å². The van der Waals surface area contributed by atoms with E-state index in [2.05, 4.69) is 9.97 Å². The highest BCUT2D eigenvalue weighted by atomic mass is 32.2. The Morgan fingerprint density at radius 1 is 1.53 bits per heavy atom. The number of methoxy groups -OCH3 is 1. The van der Waals surface area contributed by atoms with E-state index in [1.165, 1.54) is 11.8 Å². The lowest BCUT2D eigenvalue weighted by atomic mass is 10.1. The number of carboxylic acids is 1. The number of hydrogen-bond donors (Lipinski definition) is 2. The van der Waals surface area contributed by atoms with Gasteiger partial charge in [0.25, 0.3) is 0 Å². The van der Waals surface area contributed by atoms with Crippen molar-refractivity contribution < 1.29 is 14.6 Å². The molecule has 0 saturated carbocycles. The Morgan fingerprint density at radius 2 is 2.16 bits per heavy atom. The summed E-state index contributed by atoms with van der Waals surface area (Å²) in [5.41, 5.74) is -0.441. The topological polar surface area (TPSA) is 92.3 Å². The van der Waals surface area contributed by atoms with Crippen LogP contribution in [0.2, 0.25) is 0 Å². The molecule has 7 heteroatoms. The molecule has 1 aromatic heterocycles. The van der Waals surface area contributed by atoms with E-state index in [-0.39, 0.29) is 16.2 Å². The van der Waals surface area contributed by atoms with Gasteiger partial charge in [-0.2, -0.15) is 4.98 Å². The highest BCUT2D eigenvalue weighted by molar-refractivity contribution is 7.99. The summed E-state index contributed by atoms with van der Waals surface area (Å²) in [6.07, 6.45) is 0.723. The Balaban J connectivity index is 2.89. The van der Waals surface area contributed by atoms with Gasteiger partial charge in [0.15, 0.2) is 0 Å². The molecule has 0 amide bonds. The molecule has 6 nitrogen and oxygen atoms in total. The Morgan fingerprint density at radius 3 is 2.68 bits per heavy atom. The lowest BCUT2D eigenvalue weighted by molar-refractivity contribution is 0.0206. The zero-order valence-electron chi connectivity index (χ0n) is 11.4. The summed E-state index contributed by atoms with van der Waals surface area (Å²) >= 11 is 1.25. The number of thioether (sulfide) groups is 1. The maximum atomic E-state index is 11.3. The fraction of sp³-hybridized carbons (Fsp3) is 0.583. The molecule has 0 spiro atoms. The number of ether oxygens (including phenoxy) is 1. The first-order valence-electron chi connectivity index (χ1n) is 5.79. The third-order valence-corrected chi connectivity index (χ3v) is 3.77. The van der Waals surface area contributed by atoms with E-state index >= 15 is 0 Å². The molecule has 19 heavy (non-hydrogen) atoms. The molecule has 1 aromatic rings. The van der Waals surface area contributed by atoms with Gasteiger partial charge in [-0.1, -0.05) is 0 Å². The largest absolute Gasteiger partial charge is 0.478 e. The molecule has 0 aromatic carbocycles. The first-order chi connectivity index (χ1) is 8.76. The smallest absolute Gasteiger partial charge is 0.346 e. The van der Waals surface area contributed by atoms with E-state index in [9.17, 15) is 9.59 Å². The summed E-state index contributed by atoms with van der Waals surface area (Å²) in [6, 6.07) is 0. The molecule has 0 bridgehead atoms. The Labute approximate surface area is 115 Å². The molecule has 1 rings (SSSR count). The van der Waals surface area contributed by atoms with Gasteiger partial charge >= 0.3 is 11.7 Å². The second-order valence-corrected chi connectivity index (χ2v) is 5.80. The summed E-state index contributed by atoms with van der Waals surface area (Å²) in [5, 5.41) is 9.39. The number of aromatic nitrogens is 2. The van der Waals surface area contributed by atoms with Gasteiger partial charge in [-0.25, -0.2) is 9.59 Å². The van der Waals surface area contributed by atoms with E-state index < -0.39 is 11.7 Å². The van der Waals surface area contributed by atoms with E-state index in [0.717, 1.165) is 6.42 Å². The third-order valence-electron chi connectivity index (χ3n) is 2.80. The van der Waals surface area contributed by atoms with Crippen molar-refractivity contribution in [3.63, 3.8) is 0 Å². The van der Waals surface area contributed by atoms with Gasteiger partial charge in [-0.15, -0.1) is 11.8 Å². The predicted molar refractivity (Wildman–Crippen MR) is 73.0 cm³/mol. The molecule has 0 aliphatic heterocycles. The highest BCUT2D eigenvalue weighted by Gasteiger charge is 2.19. The molecule has 1 heterocycles. The SMILES string of the molecule is COC(C)(C)CCSc1nc(=O)[nH]c(C)c1C(=O)O. The molecule has 0 radical (unpaired) electrons. The van der Waals surface area contributed by atoms with Gasteiger partial charge in [0.2, 0.25) is 0 Å². The van der Waals surface area contributed by atoms with Crippen LogP contribution in [0.3, 0.4) is 0 Å². The van der Waals surface area contributed by atoms with Crippen LogP contribution in [0, 0.1) is 6.92 Å². The molecule has 0 fully saturated rings. The van der Waals surface area contributed by atoms with Crippen molar-refractivity contribution in [3.05, 3.63) is 21.7 Å². The van der Waals surface area contributed by atoms with Gasteiger partial charge in [0.05, 0.1) is 5.60 Å². The van der Waals surface area contributed by atoms with Crippen molar-refractivity contribution >= 4 is 17.7 Å². The first kappa shape index (κ1) is 15.7. The van der Waals surface area contributed by atoms with Crippen LogP contribution in [-0.2, 0) is 4.74 Å². The second-order valence-electron chi connectivity index (χ2n) is 4.71. The number of aromatic carboxylic acids is 1. The summed E-state index contributed by atoms with van der Waals surface area (Å²) in [7, 11) is 1.63. The number of nitrogens with zero attached hydrogens (tertiary/aromatic N) is 1. The minimum atomic E-state index is -1.09. The van der Waals surface area contributed by atoms with Crippen molar-refractivity contribution in [1.82, 2.24) is 9.97 Å². The summed E-state index contributed by atoms with van der Waals surface area (Å²) in [4.78, 5) is 28.6. The van der Waals surface area contributed by atoms with Crippen molar-refractivity contribution in [2.75, 3.05) is 12.9 Å². The van der Waals surface area contributed by atoms with Gasteiger partial charge < -0.3 is 14.8 Å². The number of aryl methyl sites for hydroxylation is 1. The Bertz CT molecular complexity index is 525. The maximum absolute atomic E-state index is 11.3. The van der Waals surface area contributed by atoms with E-state index in [4.69, 9.17) is 9.84 Å².